The quantitative estimate of drug-likeness (QED) is 0.854. The zero-order valence-corrected chi connectivity index (χ0v) is 13.1. The molecule has 0 atom stereocenters. The number of aryl methyl sites for hydroxylation is 1. The summed E-state index contributed by atoms with van der Waals surface area (Å²) in [4.78, 5) is 24.8. The number of hydrogen-bond acceptors (Lipinski definition) is 5. The SMILES string of the molecule is Cc1cc(C(=O)NCc2cccnc2)nc(NCC(C)C)n1. The minimum Gasteiger partial charge on any atom is -0.354 e. The van der Waals surface area contributed by atoms with Gasteiger partial charge in [-0.1, -0.05) is 19.9 Å². The Hall–Kier alpha value is -2.50. The molecule has 22 heavy (non-hydrogen) atoms. The van der Waals surface area contributed by atoms with E-state index in [1.807, 2.05) is 19.1 Å². The Morgan fingerprint density at radius 1 is 1.32 bits per heavy atom. The van der Waals surface area contributed by atoms with Crippen LogP contribution in [0, 0.1) is 12.8 Å². The second-order valence-corrected chi connectivity index (χ2v) is 5.54. The van der Waals surface area contributed by atoms with E-state index in [-0.39, 0.29) is 5.91 Å². The minimum atomic E-state index is -0.220. The van der Waals surface area contributed by atoms with Crippen molar-refractivity contribution in [3.05, 3.63) is 47.5 Å². The van der Waals surface area contributed by atoms with Crippen LogP contribution in [0.1, 0.15) is 35.6 Å². The number of amides is 1. The molecule has 0 bridgehead atoms. The highest BCUT2D eigenvalue weighted by Crippen LogP contribution is 2.06. The van der Waals surface area contributed by atoms with Crippen LogP contribution in [0.3, 0.4) is 0 Å². The topological polar surface area (TPSA) is 79.8 Å². The first-order valence-electron chi connectivity index (χ1n) is 7.31. The van der Waals surface area contributed by atoms with Crippen LogP contribution in [0.4, 0.5) is 5.95 Å². The van der Waals surface area contributed by atoms with Gasteiger partial charge in [-0.25, -0.2) is 9.97 Å². The Kier molecular flexibility index (Phi) is 5.41. The van der Waals surface area contributed by atoms with Crippen LogP contribution in [-0.4, -0.2) is 27.4 Å². The van der Waals surface area contributed by atoms with E-state index in [9.17, 15) is 4.79 Å². The highest BCUT2D eigenvalue weighted by molar-refractivity contribution is 5.92. The van der Waals surface area contributed by atoms with Gasteiger partial charge in [0.25, 0.3) is 5.91 Å². The second-order valence-electron chi connectivity index (χ2n) is 5.54. The van der Waals surface area contributed by atoms with Crippen molar-refractivity contribution in [3.8, 4) is 0 Å². The molecule has 6 nitrogen and oxygen atoms in total. The zero-order valence-electron chi connectivity index (χ0n) is 13.1. The van der Waals surface area contributed by atoms with E-state index in [0.717, 1.165) is 17.8 Å². The van der Waals surface area contributed by atoms with Crippen LogP contribution >= 0.6 is 0 Å². The summed E-state index contributed by atoms with van der Waals surface area (Å²) in [6, 6.07) is 5.43. The van der Waals surface area contributed by atoms with Gasteiger partial charge in [0.15, 0.2) is 0 Å². The summed E-state index contributed by atoms with van der Waals surface area (Å²) < 4.78 is 0. The van der Waals surface area contributed by atoms with Gasteiger partial charge in [-0.15, -0.1) is 0 Å². The Morgan fingerprint density at radius 2 is 2.14 bits per heavy atom. The van der Waals surface area contributed by atoms with Crippen LogP contribution in [0.15, 0.2) is 30.6 Å². The molecule has 0 unspecified atom stereocenters. The van der Waals surface area contributed by atoms with Crippen molar-refractivity contribution < 1.29 is 4.79 Å². The third-order valence-electron chi connectivity index (χ3n) is 2.93. The lowest BCUT2D eigenvalue weighted by molar-refractivity contribution is 0.0945. The van der Waals surface area contributed by atoms with Crippen LogP contribution in [0.2, 0.25) is 0 Å². The molecular formula is C16H21N5O. The number of nitrogens with one attached hydrogen (secondary N) is 2. The zero-order chi connectivity index (χ0) is 15.9. The van der Waals surface area contributed by atoms with Crippen molar-refractivity contribution in [1.82, 2.24) is 20.3 Å². The molecule has 2 rings (SSSR count). The van der Waals surface area contributed by atoms with Crippen molar-refractivity contribution in [1.29, 1.82) is 0 Å². The predicted molar refractivity (Wildman–Crippen MR) is 85.5 cm³/mol. The van der Waals surface area contributed by atoms with Gasteiger partial charge in [0.05, 0.1) is 0 Å². The van der Waals surface area contributed by atoms with Gasteiger partial charge in [-0.2, -0.15) is 0 Å². The number of rotatable bonds is 6. The van der Waals surface area contributed by atoms with Crippen molar-refractivity contribution in [3.63, 3.8) is 0 Å². The van der Waals surface area contributed by atoms with Crippen LogP contribution < -0.4 is 10.6 Å². The lowest BCUT2D eigenvalue weighted by Crippen LogP contribution is -2.25. The number of pyridine rings is 1. The molecule has 0 aromatic carbocycles. The van der Waals surface area contributed by atoms with E-state index < -0.39 is 0 Å². The van der Waals surface area contributed by atoms with E-state index in [1.165, 1.54) is 0 Å². The average Bonchev–Trinajstić information content (AvgIpc) is 2.51. The van der Waals surface area contributed by atoms with Gasteiger partial charge in [0.1, 0.15) is 5.69 Å². The smallest absolute Gasteiger partial charge is 0.270 e. The summed E-state index contributed by atoms with van der Waals surface area (Å²) in [5.41, 5.74) is 2.07. The third kappa shape index (κ3) is 4.80. The molecule has 2 aromatic heterocycles. The Morgan fingerprint density at radius 3 is 2.82 bits per heavy atom. The largest absolute Gasteiger partial charge is 0.354 e. The fourth-order valence-electron chi connectivity index (χ4n) is 1.83. The van der Waals surface area contributed by atoms with Crippen LogP contribution in [0.5, 0.6) is 0 Å². The summed E-state index contributed by atoms with van der Waals surface area (Å²) in [6.07, 6.45) is 3.42. The van der Waals surface area contributed by atoms with Crippen molar-refractivity contribution in [2.45, 2.75) is 27.3 Å². The maximum atomic E-state index is 12.2. The number of anilines is 1. The molecule has 2 N–H and O–H groups in total. The summed E-state index contributed by atoms with van der Waals surface area (Å²) in [5.74, 6) is 0.745. The summed E-state index contributed by atoms with van der Waals surface area (Å²) >= 11 is 0. The Balaban J connectivity index is 2.02. The normalized spacial score (nSPS) is 10.5. The molecule has 0 saturated carbocycles. The van der Waals surface area contributed by atoms with E-state index in [4.69, 9.17) is 0 Å². The minimum absolute atomic E-state index is 0.220. The summed E-state index contributed by atoms with van der Waals surface area (Å²) in [6.45, 7) is 7.24. The summed E-state index contributed by atoms with van der Waals surface area (Å²) in [7, 11) is 0. The average molecular weight is 299 g/mol. The van der Waals surface area contributed by atoms with Crippen LogP contribution in [0.25, 0.3) is 0 Å². The van der Waals surface area contributed by atoms with E-state index in [2.05, 4.69) is 39.4 Å². The number of aromatic nitrogens is 3. The third-order valence-corrected chi connectivity index (χ3v) is 2.93. The van der Waals surface area contributed by atoms with Gasteiger partial charge in [0, 0.05) is 31.2 Å². The van der Waals surface area contributed by atoms with Crippen molar-refractivity contribution in [2.24, 2.45) is 5.92 Å². The lowest BCUT2D eigenvalue weighted by Gasteiger charge is -2.10. The molecular weight excluding hydrogens is 278 g/mol. The fraction of sp³-hybridized carbons (Fsp3) is 0.375. The molecule has 0 saturated heterocycles. The lowest BCUT2D eigenvalue weighted by atomic mass is 10.2. The van der Waals surface area contributed by atoms with Gasteiger partial charge < -0.3 is 10.6 Å². The first-order valence-corrected chi connectivity index (χ1v) is 7.31. The maximum absolute atomic E-state index is 12.2. The molecule has 0 aliphatic rings. The first kappa shape index (κ1) is 15.9. The fourth-order valence-corrected chi connectivity index (χ4v) is 1.83. The van der Waals surface area contributed by atoms with Crippen molar-refractivity contribution >= 4 is 11.9 Å². The second kappa shape index (κ2) is 7.49. The Bertz CT molecular complexity index is 628. The Labute approximate surface area is 130 Å². The molecule has 2 heterocycles. The number of nitrogens with zero attached hydrogens (tertiary/aromatic N) is 3. The van der Waals surface area contributed by atoms with Crippen LogP contribution in [-0.2, 0) is 6.54 Å². The van der Waals surface area contributed by atoms with E-state index in [0.29, 0.717) is 24.1 Å². The highest BCUT2D eigenvalue weighted by Gasteiger charge is 2.10. The van der Waals surface area contributed by atoms with Gasteiger partial charge in [-0.05, 0) is 30.5 Å². The molecule has 116 valence electrons. The van der Waals surface area contributed by atoms with Gasteiger partial charge in [-0.3, -0.25) is 9.78 Å². The molecule has 0 aliphatic heterocycles. The molecule has 0 fully saturated rings. The molecule has 0 spiro atoms. The highest BCUT2D eigenvalue weighted by atomic mass is 16.1. The monoisotopic (exact) mass is 299 g/mol. The van der Waals surface area contributed by atoms with E-state index >= 15 is 0 Å². The number of carbonyl (C=O) groups excluding carboxylic acids is 1. The standard InChI is InChI=1S/C16H21N5O/c1-11(2)8-19-16-20-12(3)7-14(21-16)15(22)18-10-13-5-4-6-17-9-13/h4-7,9,11H,8,10H2,1-3H3,(H,18,22)(H,19,20,21). The van der Waals surface area contributed by atoms with Gasteiger partial charge in [0.2, 0.25) is 5.95 Å². The predicted octanol–water partition coefficient (Wildman–Crippen LogP) is 2.18. The first-order chi connectivity index (χ1) is 10.5. The van der Waals surface area contributed by atoms with Gasteiger partial charge >= 0.3 is 0 Å². The van der Waals surface area contributed by atoms with E-state index in [1.54, 1.807) is 18.5 Å². The molecule has 1 amide bonds. The van der Waals surface area contributed by atoms with Crippen molar-refractivity contribution in [2.75, 3.05) is 11.9 Å². The molecule has 0 radical (unpaired) electrons. The molecule has 0 aliphatic carbocycles. The molecule has 2 aromatic rings. The maximum Gasteiger partial charge on any atom is 0.270 e. The number of carbonyl (C=O) groups is 1. The molecule has 6 heteroatoms. The summed E-state index contributed by atoms with van der Waals surface area (Å²) in [5, 5.41) is 5.98. The number of hydrogen-bond donors (Lipinski definition) is 2.